The van der Waals surface area contributed by atoms with E-state index in [1.165, 1.54) is 22.8 Å². The maximum absolute atomic E-state index is 13.1. The van der Waals surface area contributed by atoms with E-state index < -0.39 is 23.4 Å². The topological polar surface area (TPSA) is 67.5 Å². The largest absolute Gasteiger partial charge is 0.419 e. The number of alkyl halides is 3. The first-order valence-electron chi connectivity index (χ1n) is 9.56. The molecule has 9 heteroatoms. The Morgan fingerprint density at radius 2 is 1.83 bits per heavy atom. The molecule has 1 aromatic heterocycles. The number of fused-ring (bicyclic) bond motifs is 1. The summed E-state index contributed by atoms with van der Waals surface area (Å²) >= 11 is 0. The van der Waals surface area contributed by atoms with Gasteiger partial charge in [-0.3, -0.25) is 14.3 Å². The number of hydrogen-bond acceptors (Lipinski definition) is 4. The van der Waals surface area contributed by atoms with Crippen LogP contribution >= 0.6 is 0 Å². The van der Waals surface area contributed by atoms with Crippen molar-refractivity contribution < 1.29 is 22.4 Å². The second-order valence-corrected chi connectivity index (χ2v) is 6.80. The number of benzene rings is 2. The van der Waals surface area contributed by atoms with Gasteiger partial charge in [0.25, 0.3) is 0 Å². The minimum atomic E-state index is -4.55. The quantitative estimate of drug-likeness (QED) is 0.598. The van der Waals surface area contributed by atoms with E-state index in [-0.39, 0.29) is 12.2 Å². The number of rotatable bonds is 8. The fraction of sp³-hybridized carbons (Fsp3) is 0.333. The van der Waals surface area contributed by atoms with Gasteiger partial charge in [0.05, 0.1) is 23.3 Å². The second-order valence-electron chi connectivity index (χ2n) is 6.80. The lowest BCUT2D eigenvalue weighted by atomic mass is 10.1. The predicted octanol–water partition coefficient (Wildman–Crippen LogP) is 3.96. The van der Waals surface area contributed by atoms with Gasteiger partial charge in [0, 0.05) is 13.1 Å². The molecule has 6 nitrogen and oxygen atoms in total. The smallest absolute Gasteiger partial charge is 0.408 e. The van der Waals surface area contributed by atoms with Crippen molar-refractivity contribution in [2.75, 3.05) is 25.0 Å². The number of amides is 1. The van der Waals surface area contributed by atoms with Gasteiger partial charge in [0.2, 0.25) is 5.91 Å². The van der Waals surface area contributed by atoms with Crippen molar-refractivity contribution in [2.24, 2.45) is 0 Å². The van der Waals surface area contributed by atoms with Crippen LogP contribution in [-0.4, -0.2) is 35.0 Å². The SMILES string of the molecule is CCN(CCCn1c(=O)oc2ccccc21)CC(=O)Nc1ccccc1C(F)(F)F. The Hall–Kier alpha value is -3.07. The fourth-order valence-electron chi connectivity index (χ4n) is 3.26. The van der Waals surface area contributed by atoms with Crippen LogP contribution in [0, 0.1) is 0 Å². The van der Waals surface area contributed by atoms with Gasteiger partial charge in [0.1, 0.15) is 0 Å². The molecule has 0 aliphatic carbocycles. The molecule has 1 heterocycles. The summed E-state index contributed by atoms with van der Waals surface area (Å²) in [4.78, 5) is 26.1. The maximum Gasteiger partial charge on any atom is 0.419 e. The molecule has 30 heavy (non-hydrogen) atoms. The number of aryl methyl sites for hydroxylation is 1. The number of hydrogen-bond donors (Lipinski definition) is 1. The molecule has 0 unspecified atom stereocenters. The van der Waals surface area contributed by atoms with Crippen molar-refractivity contribution in [3.8, 4) is 0 Å². The number of para-hydroxylation sites is 3. The summed E-state index contributed by atoms with van der Waals surface area (Å²) < 4.78 is 45.9. The van der Waals surface area contributed by atoms with Gasteiger partial charge < -0.3 is 9.73 Å². The molecule has 160 valence electrons. The highest BCUT2D eigenvalue weighted by Gasteiger charge is 2.33. The van der Waals surface area contributed by atoms with Crippen LogP contribution in [0.4, 0.5) is 18.9 Å². The number of carbonyl (C=O) groups is 1. The number of oxazole rings is 1. The number of carbonyl (C=O) groups excluding carboxylic acids is 1. The Balaban J connectivity index is 1.58. The third-order valence-corrected chi connectivity index (χ3v) is 4.75. The van der Waals surface area contributed by atoms with E-state index in [1.807, 2.05) is 13.0 Å². The van der Waals surface area contributed by atoms with Gasteiger partial charge in [-0.25, -0.2) is 4.79 Å². The van der Waals surface area contributed by atoms with Crippen LogP contribution in [0.3, 0.4) is 0 Å². The van der Waals surface area contributed by atoms with Crippen LogP contribution in [0.15, 0.2) is 57.7 Å². The summed E-state index contributed by atoms with van der Waals surface area (Å²) in [6, 6.07) is 12.0. The van der Waals surface area contributed by atoms with Crippen LogP contribution in [0.2, 0.25) is 0 Å². The van der Waals surface area contributed by atoms with Gasteiger partial charge in [0.15, 0.2) is 5.58 Å². The number of aromatic nitrogens is 1. The van der Waals surface area contributed by atoms with Gasteiger partial charge >= 0.3 is 11.9 Å². The highest BCUT2D eigenvalue weighted by Crippen LogP contribution is 2.34. The molecule has 0 bridgehead atoms. The lowest BCUT2D eigenvalue weighted by molar-refractivity contribution is -0.137. The molecule has 0 spiro atoms. The van der Waals surface area contributed by atoms with Crippen LogP contribution in [0.1, 0.15) is 18.9 Å². The number of likely N-dealkylation sites (N-methyl/N-ethyl adjacent to an activating group) is 1. The van der Waals surface area contributed by atoms with Crippen molar-refractivity contribution in [1.29, 1.82) is 0 Å². The molecule has 0 radical (unpaired) electrons. The van der Waals surface area contributed by atoms with Gasteiger partial charge in [-0.1, -0.05) is 31.2 Å². The highest BCUT2D eigenvalue weighted by molar-refractivity contribution is 5.93. The van der Waals surface area contributed by atoms with Crippen molar-refractivity contribution in [2.45, 2.75) is 26.1 Å². The fourth-order valence-corrected chi connectivity index (χ4v) is 3.26. The van der Waals surface area contributed by atoms with Gasteiger partial charge in [-0.2, -0.15) is 13.2 Å². The minimum Gasteiger partial charge on any atom is -0.408 e. The normalized spacial score (nSPS) is 11.9. The zero-order valence-corrected chi connectivity index (χ0v) is 16.4. The molecule has 0 fully saturated rings. The summed E-state index contributed by atoms with van der Waals surface area (Å²) in [6.07, 6.45) is -3.97. The van der Waals surface area contributed by atoms with Crippen molar-refractivity contribution in [3.63, 3.8) is 0 Å². The summed E-state index contributed by atoms with van der Waals surface area (Å²) in [6.45, 7) is 3.25. The zero-order chi connectivity index (χ0) is 21.7. The molecule has 0 saturated carbocycles. The Morgan fingerprint density at radius 1 is 1.13 bits per heavy atom. The molecule has 3 rings (SSSR count). The van der Waals surface area contributed by atoms with Crippen molar-refractivity contribution in [3.05, 3.63) is 64.6 Å². The van der Waals surface area contributed by atoms with E-state index in [0.29, 0.717) is 37.2 Å². The first kappa shape index (κ1) is 21.6. The minimum absolute atomic E-state index is 0.0519. The molecule has 0 atom stereocenters. The Bertz CT molecular complexity index is 1070. The number of nitrogens with zero attached hydrogens (tertiary/aromatic N) is 2. The van der Waals surface area contributed by atoms with E-state index >= 15 is 0 Å². The molecule has 3 aromatic rings. The average molecular weight is 421 g/mol. The molecule has 0 aliphatic heterocycles. The monoisotopic (exact) mass is 421 g/mol. The van der Waals surface area contributed by atoms with Crippen molar-refractivity contribution >= 4 is 22.7 Å². The standard InChI is InChI=1S/C21H22F3N3O3/c1-2-26(12-7-13-27-17-10-5-6-11-18(17)30-20(27)29)14-19(28)25-16-9-4-3-8-15(16)21(22,23)24/h3-6,8-11H,2,7,12-14H2,1H3,(H,25,28). The molecular formula is C21H22F3N3O3. The molecule has 0 saturated heterocycles. The zero-order valence-electron chi connectivity index (χ0n) is 16.4. The molecule has 2 aromatic carbocycles. The van der Waals surface area contributed by atoms with E-state index in [0.717, 1.165) is 6.07 Å². The third kappa shape index (κ3) is 5.10. The first-order chi connectivity index (χ1) is 14.3. The lowest BCUT2D eigenvalue weighted by Crippen LogP contribution is -2.34. The van der Waals surface area contributed by atoms with E-state index in [1.54, 1.807) is 23.1 Å². The first-order valence-corrected chi connectivity index (χ1v) is 9.56. The Morgan fingerprint density at radius 3 is 2.57 bits per heavy atom. The summed E-state index contributed by atoms with van der Waals surface area (Å²) in [5.41, 5.74) is 0.0692. The third-order valence-electron chi connectivity index (χ3n) is 4.75. The Labute approximate surface area is 170 Å². The van der Waals surface area contributed by atoms with E-state index in [4.69, 9.17) is 4.42 Å². The Kier molecular flexibility index (Phi) is 6.61. The van der Waals surface area contributed by atoms with Crippen LogP contribution in [0.25, 0.3) is 11.1 Å². The lowest BCUT2D eigenvalue weighted by Gasteiger charge is -2.20. The number of anilines is 1. The van der Waals surface area contributed by atoms with Crippen molar-refractivity contribution in [1.82, 2.24) is 9.47 Å². The van der Waals surface area contributed by atoms with Crippen LogP contribution in [-0.2, 0) is 17.5 Å². The summed E-state index contributed by atoms with van der Waals surface area (Å²) in [7, 11) is 0. The predicted molar refractivity (Wildman–Crippen MR) is 107 cm³/mol. The summed E-state index contributed by atoms with van der Waals surface area (Å²) in [5.74, 6) is -0.972. The van der Waals surface area contributed by atoms with Gasteiger partial charge in [-0.15, -0.1) is 0 Å². The molecule has 1 amide bonds. The highest BCUT2D eigenvalue weighted by atomic mass is 19.4. The number of halogens is 3. The summed E-state index contributed by atoms with van der Waals surface area (Å²) in [5, 5.41) is 2.35. The maximum atomic E-state index is 13.1. The van der Waals surface area contributed by atoms with E-state index in [2.05, 4.69) is 5.32 Å². The molecule has 1 N–H and O–H groups in total. The second kappa shape index (κ2) is 9.17. The van der Waals surface area contributed by atoms with Crippen LogP contribution < -0.4 is 11.1 Å². The molecule has 0 aliphatic rings. The van der Waals surface area contributed by atoms with Crippen LogP contribution in [0.5, 0.6) is 0 Å². The number of nitrogens with one attached hydrogen (secondary N) is 1. The average Bonchev–Trinajstić information content (AvgIpc) is 3.02. The van der Waals surface area contributed by atoms with E-state index in [9.17, 15) is 22.8 Å². The van der Waals surface area contributed by atoms with Gasteiger partial charge in [-0.05, 0) is 37.2 Å². The molecular weight excluding hydrogens is 399 g/mol.